The maximum atomic E-state index is 5.46. The van der Waals surface area contributed by atoms with Crippen LogP contribution in [0, 0.1) is 18.6 Å². The van der Waals surface area contributed by atoms with E-state index in [0.717, 1.165) is 22.5 Å². The molecule has 0 spiro atoms. The molecule has 0 saturated carbocycles. The van der Waals surface area contributed by atoms with Crippen molar-refractivity contribution in [2.24, 2.45) is 0 Å². The van der Waals surface area contributed by atoms with Crippen molar-refractivity contribution in [3.63, 3.8) is 0 Å². The van der Waals surface area contributed by atoms with E-state index < -0.39 is 0 Å². The van der Waals surface area contributed by atoms with Gasteiger partial charge in [-0.2, -0.15) is 10.2 Å². The van der Waals surface area contributed by atoms with E-state index in [1.807, 2.05) is 15.4 Å². The third-order valence-electron chi connectivity index (χ3n) is 3.81. The number of rotatable bonds is 4. The zero-order chi connectivity index (χ0) is 16.6. The summed E-state index contributed by atoms with van der Waals surface area (Å²) in [6.45, 7) is 7.03. The van der Waals surface area contributed by atoms with Crippen molar-refractivity contribution in [2.45, 2.75) is 33.2 Å². The average molecular weight is 392 g/mol. The van der Waals surface area contributed by atoms with E-state index in [1.165, 1.54) is 11.1 Å². The summed E-state index contributed by atoms with van der Waals surface area (Å²) in [6, 6.07) is 6.35. The molecule has 0 radical (unpaired) electrons. The quantitative estimate of drug-likeness (QED) is 0.674. The Balaban J connectivity index is 2.01. The van der Waals surface area contributed by atoms with Gasteiger partial charge in [-0.05, 0) is 59.2 Å². The van der Waals surface area contributed by atoms with Gasteiger partial charge in [-0.1, -0.05) is 19.1 Å². The standard InChI is InChI=1S/C16H18BrN5S/c1-10-4-5-11(2)14(6-10)22-15(19-20-16(22)23)12(3)8-21-9-13(17)7-18-21/h4-7,9,12H,8H2,1-3H3,(H,20,23)/t12-/m0/s1. The van der Waals surface area contributed by atoms with Gasteiger partial charge in [0.1, 0.15) is 5.82 Å². The largest absolute Gasteiger partial charge is 0.272 e. The summed E-state index contributed by atoms with van der Waals surface area (Å²) in [5, 5.41) is 11.7. The third kappa shape index (κ3) is 3.30. The van der Waals surface area contributed by atoms with Crippen LogP contribution in [0.4, 0.5) is 0 Å². The first-order valence-corrected chi connectivity index (χ1v) is 8.58. The molecule has 1 aromatic carbocycles. The van der Waals surface area contributed by atoms with E-state index in [9.17, 15) is 0 Å². The second-order valence-electron chi connectivity index (χ2n) is 5.79. The van der Waals surface area contributed by atoms with Crippen LogP contribution in [0.15, 0.2) is 35.1 Å². The Morgan fingerprint density at radius 2 is 2.13 bits per heavy atom. The summed E-state index contributed by atoms with van der Waals surface area (Å²) >= 11 is 8.88. The molecule has 2 aromatic heterocycles. The van der Waals surface area contributed by atoms with Crippen LogP contribution in [0.5, 0.6) is 0 Å². The lowest BCUT2D eigenvalue weighted by Gasteiger charge is -2.15. The molecular formula is C16H18BrN5S. The molecule has 0 fully saturated rings. The van der Waals surface area contributed by atoms with E-state index in [1.54, 1.807) is 6.20 Å². The van der Waals surface area contributed by atoms with Crippen LogP contribution in [0.3, 0.4) is 0 Å². The van der Waals surface area contributed by atoms with Gasteiger partial charge in [-0.3, -0.25) is 14.3 Å². The molecule has 0 unspecified atom stereocenters. The van der Waals surface area contributed by atoms with Crippen LogP contribution < -0.4 is 0 Å². The highest BCUT2D eigenvalue weighted by atomic mass is 79.9. The van der Waals surface area contributed by atoms with Gasteiger partial charge in [-0.25, -0.2) is 0 Å². The zero-order valence-electron chi connectivity index (χ0n) is 13.2. The van der Waals surface area contributed by atoms with Gasteiger partial charge in [-0.15, -0.1) is 0 Å². The van der Waals surface area contributed by atoms with Crippen LogP contribution in [0.1, 0.15) is 29.8 Å². The summed E-state index contributed by atoms with van der Waals surface area (Å²) < 4.78 is 5.51. The van der Waals surface area contributed by atoms with E-state index >= 15 is 0 Å². The number of aryl methyl sites for hydroxylation is 2. The van der Waals surface area contributed by atoms with E-state index in [0.29, 0.717) is 4.77 Å². The molecule has 120 valence electrons. The number of hydrogen-bond donors (Lipinski definition) is 1. The first-order valence-electron chi connectivity index (χ1n) is 7.38. The molecule has 0 aliphatic carbocycles. The Morgan fingerprint density at radius 3 is 2.83 bits per heavy atom. The van der Waals surface area contributed by atoms with Gasteiger partial charge in [0.05, 0.1) is 22.9 Å². The van der Waals surface area contributed by atoms with E-state index in [2.05, 4.69) is 70.2 Å². The van der Waals surface area contributed by atoms with Crippen LogP contribution in [0.2, 0.25) is 0 Å². The SMILES string of the molecule is Cc1ccc(C)c(-n2c([C@@H](C)Cn3cc(Br)cn3)n[nH]c2=S)c1. The molecule has 1 atom stereocenters. The second kappa shape index (κ2) is 6.41. The van der Waals surface area contributed by atoms with Gasteiger partial charge < -0.3 is 0 Å². The highest BCUT2D eigenvalue weighted by Crippen LogP contribution is 2.23. The van der Waals surface area contributed by atoms with Crippen molar-refractivity contribution in [3.05, 3.63) is 56.8 Å². The fourth-order valence-electron chi connectivity index (χ4n) is 2.63. The number of H-pyrrole nitrogens is 1. The highest BCUT2D eigenvalue weighted by molar-refractivity contribution is 9.10. The normalized spacial score (nSPS) is 12.5. The lowest BCUT2D eigenvalue weighted by atomic mass is 10.1. The molecule has 0 bridgehead atoms. The minimum atomic E-state index is 0.162. The van der Waals surface area contributed by atoms with Crippen LogP contribution in [0.25, 0.3) is 5.69 Å². The number of hydrogen-bond acceptors (Lipinski definition) is 3. The summed E-state index contributed by atoms with van der Waals surface area (Å²) in [7, 11) is 0. The molecular weight excluding hydrogens is 374 g/mol. The molecule has 23 heavy (non-hydrogen) atoms. The minimum Gasteiger partial charge on any atom is -0.272 e. The first kappa shape index (κ1) is 16.1. The Labute approximate surface area is 148 Å². The molecule has 2 heterocycles. The number of nitrogens with zero attached hydrogens (tertiary/aromatic N) is 4. The molecule has 5 nitrogen and oxygen atoms in total. The minimum absolute atomic E-state index is 0.162. The predicted octanol–water partition coefficient (Wildman–Crippen LogP) is 4.31. The van der Waals surface area contributed by atoms with Crippen LogP contribution >= 0.6 is 28.1 Å². The van der Waals surface area contributed by atoms with Gasteiger partial charge in [0.25, 0.3) is 0 Å². The summed E-state index contributed by atoms with van der Waals surface area (Å²) in [6.07, 6.45) is 3.74. The van der Waals surface area contributed by atoms with Crippen molar-refractivity contribution in [2.75, 3.05) is 0 Å². The molecule has 0 aliphatic rings. The van der Waals surface area contributed by atoms with Crippen molar-refractivity contribution in [1.82, 2.24) is 24.5 Å². The monoisotopic (exact) mass is 391 g/mol. The summed E-state index contributed by atoms with van der Waals surface area (Å²) in [5.74, 6) is 1.07. The highest BCUT2D eigenvalue weighted by Gasteiger charge is 2.17. The number of aromatic nitrogens is 5. The van der Waals surface area contributed by atoms with Gasteiger partial charge >= 0.3 is 0 Å². The van der Waals surface area contributed by atoms with Crippen molar-refractivity contribution >= 4 is 28.1 Å². The summed E-state index contributed by atoms with van der Waals surface area (Å²) in [4.78, 5) is 0. The molecule has 0 amide bonds. The smallest absolute Gasteiger partial charge is 0.199 e. The topological polar surface area (TPSA) is 51.4 Å². The van der Waals surface area contributed by atoms with Crippen molar-refractivity contribution < 1.29 is 0 Å². The number of aromatic amines is 1. The summed E-state index contributed by atoms with van der Waals surface area (Å²) in [5.41, 5.74) is 3.44. The van der Waals surface area contributed by atoms with Crippen LogP contribution in [-0.2, 0) is 6.54 Å². The first-order chi connectivity index (χ1) is 11.0. The van der Waals surface area contributed by atoms with Gasteiger partial charge in [0, 0.05) is 12.1 Å². The van der Waals surface area contributed by atoms with Gasteiger partial charge in [0.15, 0.2) is 4.77 Å². The second-order valence-corrected chi connectivity index (χ2v) is 7.10. The lowest BCUT2D eigenvalue weighted by Crippen LogP contribution is -2.13. The Hall–Kier alpha value is -1.73. The van der Waals surface area contributed by atoms with Crippen LogP contribution in [-0.4, -0.2) is 24.5 Å². The molecule has 3 rings (SSSR count). The third-order valence-corrected chi connectivity index (χ3v) is 4.49. The fourth-order valence-corrected chi connectivity index (χ4v) is 3.20. The average Bonchev–Trinajstić information content (AvgIpc) is 3.07. The maximum absolute atomic E-state index is 5.46. The number of nitrogens with one attached hydrogen (secondary N) is 1. The molecule has 3 aromatic rings. The van der Waals surface area contributed by atoms with E-state index in [4.69, 9.17) is 12.2 Å². The Morgan fingerprint density at radius 1 is 1.35 bits per heavy atom. The van der Waals surface area contributed by atoms with Crippen molar-refractivity contribution in [3.8, 4) is 5.69 Å². The number of halogens is 1. The molecule has 1 N–H and O–H groups in total. The zero-order valence-corrected chi connectivity index (χ0v) is 15.6. The van der Waals surface area contributed by atoms with Gasteiger partial charge in [0.2, 0.25) is 0 Å². The number of benzene rings is 1. The molecule has 0 saturated heterocycles. The lowest BCUT2D eigenvalue weighted by molar-refractivity contribution is 0.518. The maximum Gasteiger partial charge on any atom is 0.199 e. The fraction of sp³-hybridized carbons (Fsp3) is 0.312. The molecule has 0 aliphatic heterocycles. The van der Waals surface area contributed by atoms with E-state index in [-0.39, 0.29) is 5.92 Å². The Bertz CT molecular complexity index is 892. The molecule has 7 heteroatoms. The Kier molecular flexibility index (Phi) is 4.50. The predicted molar refractivity (Wildman–Crippen MR) is 96.6 cm³/mol. The van der Waals surface area contributed by atoms with Crippen molar-refractivity contribution in [1.29, 1.82) is 0 Å².